The van der Waals surface area contributed by atoms with Gasteiger partial charge in [0.15, 0.2) is 0 Å². The summed E-state index contributed by atoms with van der Waals surface area (Å²) >= 11 is 0. The maximum atomic E-state index is 13.4. The Hall–Kier alpha value is -1.97. The van der Waals surface area contributed by atoms with Crippen LogP contribution in [0, 0.1) is 23.6 Å². The Morgan fingerprint density at radius 2 is 2.05 bits per heavy atom. The zero-order chi connectivity index (χ0) is 14.6. The van der Waals surface area contributed by atoms with E-state index in [1.165, 1.54) is 12.1 Å². The van der Waals surface area contributed by atoms with Crippen molar-refractivity contribution < 1.29 is 13.9 Å². The third-order valence-corrected chi connectivity index (χ3v) is 4.83. The van der Waals surface area contributed by atoms with Gasteiger partial charge in [-0.2, -0.15) is 0 Å². The Bertz CT molecular complexity index is 718. The molecule has 2 aliphatic carbocycles. The molecule has 1 aromatic carbocycles. The highest BCUT2D eigenvalue weighted by Gasteiger charge is 2.58. The van der Waals surface area contributed by atoms with Gasteiger partial charge in [-0.1, -0.05) is 0 Å². The van der Waals surface area contributed by atoms with Crippen molar-refractivity contribution in [2.75, 3.05) is 0 Å². The highest BCUT2D eigenvalue weighted by molar-refractivity contribution is 5.85. The molecular weight excluding hydrogens is 269 g/mol. The second-order valence-electron chi connectivity index (χ2n) is 6.15. The molecule has 4 atom stereocenters. The van der Waals surface area contributed by atoms with Crippen LogP contribution in [0.2, 0.25) is 0 Å². The molecule has 2 aliphatic rings. The van der Waals surface area contributed by atoms with Gasteiger partial charge in [0.25, 0.3) is 0 Å². The van der Waals surface area contributed by atoms with Gasteiger partial charge in [-0.3, -0.25) is 9.78 Å². The molecule has 0 amide bonds. The summed E-state index contributed by atoms with van der Waals surface area (Å²) in [6, 6.07) is 6.32. The van der Waals surface area contributed by atoms with Gasteiger partial charge in [-0.05, 0) is 55.9 Å². The molecule has 108 valence electrons. The quantitative estimate of drug-likeness (QED) is 0.868. The summed E-state index contributed by atoms with van der Waals surface area (Å²) in [5.41, 5.74) is 0.735. The lowest BCUT2D eigenvalue weighted by atomic mass is 10.1. The second kappa shape index (κ2) is 4.52. The number of benzene rings is 1. The summed E-state index contributed by atoms with van der Waals surface area (Å²) in [4.78, 5) is 15.6. The van der Waals surface area contributed by atoms with Gasteiger partial charge in [0.1, 0.15) is 17.3 Å². The molecule has 0 spiro atoms. The van der Waals surface area contributed by atoms with Crippen molar-refractivity contribution in [2.24, 2.45) is 17.8 Å². The van der Waals surface area contributed by atoms with Crippen LogP contribution in [0.1, 0.15) is 19.8 Å². The number of carbonyl (C=O) groups is 1. The van der Waals surface area contributed by atoms with E-state index in [-0.39, 0.29) is 17.8 Å². The third kappa shape index (κ3) is 2.09. The van der Waals surface area contributed by atoms with E-state index in [4.69, 9.17) is 4.74 Å². The number of aromatic nitrogens is 1. The van der Waals surface area contributed by atoms with Gasteiger partial charge >= 0.3 is 0 Å². The monoisotopic (exact) mass is 285 g/mol. The summed E-state index contributed by atoms with van der Waals surface area (Å²) in [7, 11) is 0. The van der Waals surface area contributed by atoms with Gasteiger partial charge in [0, 0.05) is 17.5 Å². The fraction of sp³-hybridized carbons (Fsp3) is 0.412. The van der Waals surface area contributed by atoms with Gasteiger partial charge in [-0.25, -0.2) is 4.39 Å². The molecule has 2 saturated carbocycles. The molecule has 2 aromatic rings. The maximum Gasteiger partial charge on any atom is 0.133 e. The Morgan fingerprint density at radius 3 is 2.76 bits per heavy atom. The number of fused-ring (bicyclic) bond motifs is 2. The molecule has 0 saturated heterocycles. The molecule has 3 nitrogen and oxygen atoms in total. The van der Waals surface area contributed by atoms with Crippen LogP contribution in [-0.2, 0) is 4.79 Å². The molecule has 0 bridgehead atoms. The van der Waals surface area contributed by atoms with Crippen LogP contribution in [-0.4, -0.2) is 16.9 Å². The number of rotatable bonds is 3. The number of carbonyl (C=O) groups excluding carboxylic acids is 1. The minimum atomic E-state index is -0.286. The zero-order valence-corrected chi connectivity index (χ0v) is 11.8. The lowest BCUT2D eigenvalue weighted by Crippen LogP contribution is -2.17. The van der Waals surface area contributed by atoms with Crippen molar-refractivity contribution in [1.82, 2.24) is 4.98 Å². The van der Waals surface area contributed by atoms with Crippen molar-refractivity contribution in [1.29, 1.82) is 0 Å². The summed E-state index contributed by atoms with van der Waals surface area (Å²) in [5, 5.41) is 0.709. The van der Waals surface area contributed by atoms with E-state index >= 15 is 0 Å². The van der Waals surface area contributed by atoms with Crippen LogP contribution in [0.4, 0.5) is 4.39 Å². The van der Waals surface area contributed by atoms with Crippen LogP contribution in [0.5, 0.6) is 5.75 Å². The molecule has 0 aliphatic heterocycles. The lowest BCUT2D eigenvalue weighted by Gasteiger charge is -2.17. The van der Waals surface area contributed by atoms with Gasteiger partial charge in [0.2, 0.25) is 0 Å². The van der Waals surface area contributed by atoms with E-state index < -0.39 is 0 Å². The Kier molecular flexibility index (Phi) is 2.74. The smallest absolute Gasteiger partial charge is 0.133 e. The molecular formula is C17H16FNO2. The molecule has 0 N–H and O–H groups in total. The van der Waals surface area contributed by atoms with Gasteiger partial charge in [0.05, 0.1) is 11.6 Å². The average Bonchev–Trinajstić information content (AvgIpc) is 2.97. The largest absolute Gasteiger partial charge is 0.490 e. The SMILES string of the molecule is CC(=O)C1[C@H]2CC(Oc3ccnc4ccc(F)cc34)C[C@@H]12. The van der Waals surface area contributed by atoms with Crippen LogP contribution in [0.15, 0.2) is 30.5 Å². The van der Waals surface area contributed by atoms with Crippen LogP contribution >= 0.6 is 0 Å². The van der Waals surface area contributed by atoms with Crippen LogP contribution in [0.25, 0.3) is 10.9 Å². The number of ether oxygens (including phenoxy) is 1. The molecule has 4 rings (SSSR count). The molecule has 4 heteroatoms. The topological polar surface area (TPSA) is 39.2 Å². The molecule has 2 unspecified atom stereocenters. The minimum Gasteiger partial charge on any atom is -0.490 e. The van der Waals surface area contributed by atoms with Crippen LogP contribution < -0.4 is 4.74 Å². The first-order valence-corrected chi connectivity index (χ1v) is 7.35. The fourth-order valence-corrected chi connectivity index (χ4v) is 3.87. The fourth-order valence-electron chi connectivity index (χ4n) is 3.87. The van der Waals surface area contributed by atoms with E-state index in [0.29, 0.717) is 28.8 Å². The predicted octanol–water partition coefficient (Wildman–Crippen LogP) is 3.37. The first kappa shape index (κ1) is 12.7. The maximum absolute atomic E-state index is 13.4. The van der Waals surface area contributed by atoms with E-state index in [1.54, 1.807) is 25.3 Å². The summed E-state index contributed by atoms with van der Waals surface area (Å²) in [5.74, 6) is 1.96. The number of nitrogens with zero attached hydrogens (tertiary/aromatic N) is 1. The lowest BCUT2D eigenvalue weighted by molar-refractivity contribution is -0.119. The second-order valence-corrected chi connectivity index (χ2v) is 6.15. The van der Waals surface area contributed by atoms with Gasteiger partial charge in [-0.15, -0.1) is 0 Å². The first-order valence-electron chi connectivity index (χ1n) is 7.35. The normalized spacial score (nSPS) is 30.2. The molecule has 0 radical (unpaired) electrons. The summed E-state index contributed by atoms with van der Waals surface area (Å²) in [6.07, 6.45) is 3.66. The van der Waals surface area contributed by atoms with E-state index in [0.717, 1.165) is 18.4 Å². The van der Waals surface area contributed by atoms with E-state index in [1.807, 2.05) is 0 Å². The highest BCUT2D eigenvalue weighted by atomic mass is 19.1. The molecule has 21 heavy (non-hydrogen) atoms. The number of hydrogen-bond acceptors (Lipinski definition) is 3. The zero-order valence-electron chi connectivity index (χ0n) is 11.8. The Balaban J connectivity index is 1.54. The molecule has 1 aromatic heterocycles. The van der Waals surface area contributed by atoms with Crippen molar-refractivity contribution in [3.05, 3.63) is 36.3 Å². The summed E-state index contributed by atoms with van der Waals surface area (Å²) in [6.45, 7) is 1.68. The third-order valence-electron chi connectivity index (χ3n) is 4.83. The van der Waals surface area contributed by atoms with E-state index in [2.05, 4.69) is 4.98 Å². The Morgan fingerprint density at radius 1 is 1.29 bits per heavy atom. The summed E-state index contributed by atoms with van der Waals surface area (Å²) < 4.78 is 19.5. The Labute approximate surface area is 122 Å². The number of hydrogen-bond donors (Lipinski definition) is 0. The number of Topliss-reactive ketones (excluding diaryl/α,β-unsaturated/α-hetero) is 1. The minimum absolute atomic E-state index is 0.129. The number of halogens is 1. The van der Waals surface area contributed by atoms with Gasteiger partial charge < -0.3 is 4.74 Å². The van der Waals surface area contributed by atoms with Crippen molar-refractivity contribution in [2.45, 2.75) is 25.9 Å². The van der Waals surface area contributed by atoms with Crippen molar-refractivity contribution >= 4 is 16.7 Å². The molecule has 2 fully saturated rings. The number of pyridine rings is 1. The van der Waals surface area contributed by atoms with Crippen molar-refractivity contribution in [3.8, 4) is 5.75 Å². The highest BCUT2D eigenvalue weighted by Crippen LogP contribution is 2.58. The van der Waals surface area contributed by atoms with Crippen molar-refractivity contribution in [3.63, 3.8) is 0 Å². The van der Waals surface area contributed by atoms with Crippen LogP contribution in [0.3, 0.4) is 0 Å². The average molecular weight is 285 g/mol. The first-order chi connectivity index (χ1) is 10.1. The number of ketones is 1. The molecule has 1 heterocycles. The van der Waals surface area contributed by atoms with E-state index in [9.17, 15) is 9.18 Å². The predicted molar refractivity (Wildman–Crippen MR) is 76.5 cm³/mol. The standard InChI is InChI=1S/C17H16FNO2/c1-9(20)17-12-7-11(8-13(12)17)21-16-4-5-19-15-3-2-10(18)6-14(15)16/h2-6,11-13,17H,7-8H2,1H3/t11?,12-,13+,17?.